The first-order valence-electron chi connectivity index (χ1n) is 7.32. The molecule has 1 saturated heterocycles. The van der Waals surface area contributed by atoms with Gasteiger partial charge < -0.3 is 5.32 Å². The number of hydrogen-bond donors (Lipinski definition) is 1. The summed E-state index contributed by atoms with van der Waals surface area (Å²) in [6.45, 7) is 8.55. The summed E-state index contributed by atoms with van der Waals surface area (Å²) in [6, 6.07) is 7.41. The molecule has 5 nitrogen and oxygen atoms in total. The van der Waals surface area contributed by atoms with Crippen LogP contribution in [0, 0.1) is 16.0 Å². The van der Waals surface area contributed by atoms with E-state index in [0.717, 1.165) is 32.6 Å². The van der Waals surface area contributed by atoms with E-state index >= 15 is 0 Å². The summed E-state index contributed by atoms with van der Waals surface area (Å²) >= 11 is 0. The number of non-ortho nitro benzene ring substituents is 1. The normalized spacial score (nSPS) is 19.5. The van der Waals surface area contributed by atoms with Crippen molar-refractivity contribution in [3.05, 3.63) is 39.9 Å². The predicted molar refractivity (Wildman–Crippen MR) is 79.7 cm³/mol. The average Bonchev–Trinajstić information content (AvgIpc) is 2.49. The second-order valence-corrected chi connectivity index (χ2v) is 5.46. The molecule has 110 valence electrons. The van der Waals surface area contributed by atoms with Crippen molar-refractivity contribution in [1.82, 2.24) is 10.2 Å². The lowest BCUT2D eigenvalue weighted by atomic mass is 9.90. The van der Waals surface area contributed by atoms with Crippen LogP contribution in [0.1, 0.15) is 31.9 Å². The van der Waals surface area contributed by atoms with Gasteiger partial charge in [-0.2, -0.15) is 0 Å². The quantitative estimate of drug-likeness (QED) is 0.664. The minimum atomic E-state index is -0.340. The van der Waals surface area contributed by atoms with E-state index in [2.05, 4.69) is 24.1 Å². The van der Waals surface area contributed by atoms with E-state index in [0.29, 0.717) is 12.0 Å². The van der Waals surface area contributed by atoms with Crippen molar-refractivity contribution in [3.8, 4) is 0 Å². The Kier molecular flexibility index (Phi) is 5.09. The smallest absolute Gasteiger partial charge is 0.269 e. The topological polar surface area (TPSA) is 58.4 Å². The number of piperazine rings is 1. The molecule has 1 fully saturated rings. The first-order valence-corrected chi connectivity index (χ1v) is 7.32. The molecule has 1 aromatic rings. The second kappa shape index (κ2) is 6.81. The van der Waals surface area contributed by atoms with E-state index in [1.165, 1.54) is 5.56 Å². The summed E-state index contributed by atoms with van der Waals surface area (Å²) in [6.07, 6.45) is 1.10. The monoisotopic (exact) mass is 277 g/mol. The highest BCUT2D eigenvalue weighted by molar-refractivity contribution is 5.34. The Morgan fingerprint density at radius 3 is 2.40 bits per heavy atom. The zero-order chi connectivity index (χ0) is 14.5. The fourth-order valence-electron chi connectivity index (χ4n) is 2.88. The Hall–Kier alpha value is -1.46. The van der Waals surface area contributed by atoms with Gasteiger partial charge in [-0.1, -0.05) is 32.4 Å². The third-order valence-corrected chi connectivity index (χ3v) is 4.17. The lowest BCUT2D eigenvalue weighted by molar-refractivity contribution is -0.384. The van der Waals surface area contributed by atoms with E-state index < -0.39 is 0 Å². The van der Waals surface area contributed by atoms with Crippen LogP contribution in [0.3, 0.4) is 0 Å². The molecular formula is C15H23N3O2. The van der Waals surface area contributed by atoms with Crippen molar-refractivity contribution >= 4 is 5.69 Å². The van der Waals surface area contributed by atoms with Gasteiger partial charge in [0.15, 0.2) is 0 Å². The summed E-state index contributed by atoms with van der Waals surface area (Å²) in [5.41, 5.74) is 1.35. The molecule has 0 amide bonds. The Bertz CT molecular complexity index is 441. The van der Waals surface area contributed by atoms with E-state index in [-0.39, 0.29) is 10.6 Å². The number of nitro groups is 1. The van der Waals surface area contributed by atoms with Gasteiger partial charge in [0.25, 0.3) is 5.69 Å². The van der Waals surface area contributed by atoms with Gasteiger partial charge >= 0.3 is 0 Å². The summed E-state index contributed by atoms with van der Waals surface area (Å²) in [4.78, 5) is 12.9. The molecule has 1 aromatic carbocycles. The maximum atomic E-state index is 10.8. The van der Waals surface area contributed by atoms with Crippen molar-refractivity contribution in [2.45, 2.75) is 26.3 Å². The first-order chi connectivity index (χ1) is 9.63. The van der Waals surface area contributed by atoms with Crippen LogP contribution in [0.2, 0.25) is 0 Å². The highest BCUT2D eigenvalue weighted by Crippen LogP contribution is 2.31. The van der Waals surface area contributed by atoms with Gasteiger partial charge in [-0.25, -0.2) is 0 Å². The molecule has 1 N–H and O–H groups in total. The van der Waals surface area contributed by atoms with Crippen molar-refractivity contribution in [2.75, 3.05) is 26.2 Å². The van der Waals surface area contributed by atoms with Gasteiger partial charge in [-0.3, -0.25) is 15.0 Å². The van der Waals surface area contributed by atoms with E-state index in [4.69, 9.17) is 0 Å². The molecule has 0 aliphatic carbocycles. The SMILES string of the molecule is CCC(C)[C@@H](c1ccc([N+](=O)[O-])cc1)N1CCNCC1. The van der Waals surface area contributed by atoms with Gasteiger partial charge in [0.05, 0.1) is 4.92 Å². The molecule has 2 rings (SSSR count). The fourth-order valence-corrected chi connectivity index (χ4v) is 2.88. The molecule has 0 bridgehead atoms. The van der Waals surface area contributed by atoms with Crippen LogP contribution in [0.15, 0.2) is 24.3 Å². The van der Waals surface area contributed by atoms with Crippen LogP contribution < -0.4 is 5.32 Å². The molecular weight excluding hydrogens is 254 g/mol. The molecule has 0 radical (unpaired) electrons. The molecule has 1 aliphatic rings. The maximum absolute atomic E-state index is 10.8. The highest BCUT2D eigenvalue weighted by atomic mass is 16.6. The van der Waals surface area contributed by atoms with Crippen LogP contribution in [0.25, 0.3) is 0 Å². The Morgan fingerprint density at radius 2 is 1.90 bits per heavy atom. The summed E-state index contributed by atoms with van der Waals surface area (Å²) in [5.74, 6) is 0.537. The second-order valence-electron chi connectivity index (χ2n) is 5.46. The fraction of sp³-hybridized carbons (Fsp3) is 0.600. The molecule has 1 unspecified atom stereocenters. The average molecular weight is 277 g/mol. The van der Waals surface area contributed by atoms with Gasteiger partial charge in [-0.05, 0) is 11.5 Å². The third kappa shape index (κ3) is 3.35. The number of nitrogens with zero attached hydrogens (tertiary/aromatic N) is 2. The standard InChI is InChI=1S/C15H23N3O2/c1-3-12(2)15(17-10-8-16-9-11-17)13-4-6-14(7-5-13)18(19)20/h4-7,12,15-16H,3,8-11H2,1-2H3/t12?,15-/m0/s1. The van der Waals surface area contributed by atoms with Crippen LogP contribution in [-0.2, 0) is 0 Å². The minimum absolute atomic E-state index is 0.164. The number of nitro benzene ring substituents is 1. The summed E-state index contributed by atoms with van der Waals surface area (Å²) < 4.78 is 0. The van der Waals surface area contributed by atoms with Crippen molar-refractivity contribution in [1.29, 1.82) is 0 Å². The summed E-state index contributed by atoms with van der Waals surface area (Å²) in [7, 11) is 0. The zero-order valence-corrected chi connectivity index (χ0v) is 12.2. The van der Waals surface area contributed by atoms with Gasteiger partial charge in [0.2, 0.25) is 0 Å². The Balaban J connectivity index is 2.23. The lowest BCUT2D eigenvalue weighted by Crippen LogP contribution is -2.46. The van der Waals surface area contributed by atoms with Gasteiger partial charge in [-0.15, -0.1) is 0 Å². The third-order valence-electron chi connectivity index (χ3n) is 4.17. The van der Waals surface area contributed by atoms with Crippen molar-refractivity contribution in [2.24, 2.45) is 5.92 Å². The van der Waals surface area contributed by atoms with Crippen LogP contribution in [0.5, 0.6) is 0 Å². The summed E-state index contributed by atoms with van der Waals surface area (Å²) in [5, 5.41) is 14.1. The van der Waals surface area contributed by atoms with Crippen molar-refractivity contribution in [3.63, 3.8) is 0 Å². The van der Waals surface area contributed by atoms with E-state index in [1.807, 2.05) is 12.1 Å². The van der Waals surface area contributed by atoms with Crippen molar-refractivity contribution < 1.29 is 4.92 Å². The zero-order valence-electron chi connectivity index (χ0n) is 12.2. The Labute approximate surface area is 120 Å². The molecule has 5 heteroatoms. The van der Waals surface area contributed by atoms with Crippen LogP contribution in [0.4, 0.5) is 5.69 Å². The van der Waals surface area contributed by atoms with Crippen LogP contribution >= 0.6 is 0 Å². The molecule has 1 heterocycles. The van der Waals surface area contributed by atoms with E-state index in [9.17, 15) is 10.1 Å². The number of hydrogen-bond acceptors (Lipinski definition) is 4. The molecule has 0 aromatic heterocycles. The van der Waals surface area contributed by atoms with Gasteiger partial charge in [0.1, 0.15) is 0 Å². The maximum Gasteiger partial charge on any atom is 0.269 e. The number of rotatable bonds is 5. The largest absolute Gasteiger partial charge is 0.314 e. The van der Waals surface area contributed by atoms with E-state index in [1.54, 1.807) is 12.1 Å². The highest BCUT2D eigenvalue weighted by Gasteiger charge is 2.26. The predicted octanol–water partition coefficient (Wildman–Crippen LogP) is 2.59. The molecule has 20 heavy (non-hydrogen) atoms. The van der Waals surface area contributed by atoms with Gasteiger partial charge in [0, 0.05) is 44.4 Å². The molecule has 0 spiro atoms. The molecule has 2 atom stereocenters. The Morgan fingerprint density at radius 1 is 1.30 bits per heavy atom. The first kappa shape index (κ1) is 14.9. The minimum Gasteiger partial charge on any atom is -0.314 e. The number of benzene rings is 1. The molecule has 1 aliphatic heterocycles. The number of nitrogens with one attached hydrogen (secondary N) is 1. The lowest BCUT2D eigenvalue weighted by Gasteiger charge is -2.38. The molecule has 0 saturated carbocycles. The van der Waals surface area contributed by atoms with Crippen LogP contribution in [-0.4, -0.2) is 36.0 Å².